The molecule has 1 N–H and O–H groups in total. The van der Waals surface area contributed by atoms with Gasteiger partial charge >= 0.3 is 0 Å². The van der Waals surface area contributed by atoms with E-state index < -0.39 is 0 Å². The summed E-state index contributed by atoms with van der Waals surface area (Å²) in [6.45, 7) is 2.01. The van der Waals surface area contributed by atoms with Crippen LogP contribution in [0.25, 0.3) is 0 Å². The summed E-state index contributed by atoms with van der Waals surface area (Å²) in [6.07, 6.45) is 4.68. The van der Waals surface area contributed by atoms with E-state index in [0.29, 0.717) is 5.56 Å². The van der Waals surface area contributed by atoms with Crippen molar-refractivity contribution in [1.82, 2.24) is 10.4 Å². The van der Waals surface area contributed by atoms with Crippen LogP contribution >= 0.6 is 0 Å². The van der Waals surface area contributed by atoms with Crippen LogP contribution in [-0.4, -0.2) is 17.1 Å². The van der Waals surface area contributed by atoms with E-state index in [1.807, 2.05) is 61.5 Å². The summed E-state index contributed by atoms with van der Waals surface area (Å²) in [6, 6.07) is 20.8. The maximum absolute atomic E-state index is 11.9. The van der Waals surface area contributed by atoms with Gasteiger partial charge in [-0.2, -0.15) is 5.10 Å². The first-order valence-corrected chi connectivity index (χ1v) is 8.27. The first kappa shape index (κ1) is 17.4. The zero-order chi connectivity index (χ0) is 18.2. The molecule has 0 saturated heterocycles. The topological polar surface area (TPSA) is 63.6 Å². The maximum atomic E-state index is 11.9. The smallest absolute Gasteiger partial charge is 0.271 e. The van der Waals surface area contributed by atoms with Gasteiger partial charge in [-0.3, -0.25) is 9.78 Å². The molecule has 1 atom stereocenters. The highest BCUT2D eigenvalue weighted by molar-refractivity contribution is 5.94. The lowest BCUT2D eigenvalue weighted by Crippen LogP contribution is -2.17. The Balaban J connectivity index is 1.55. The Morgan fingerprint density at radius 1 is 1.04 bits per heavy atom. The van der Waals surface area contributed by atoms with Gasteiger partial charge < -0.3 is 4.74 Å². The summed E-state index contributed by atoms with van der Waals surface area (Å²) in [5.41, 5.74) is 4.98. The lowest BCUT2D eigenvalue weighted by atomic mass is 10.1. The van der Waals surface area contributed by atoms with E-state index >= 15 is 0 Å². The second kappa shape index (κ2) is 8.58. The molecule has 0 aliphatic carbocycles. The molecule has 5 nitrogen and oxygen atoms in total. The molecule has 0 aliphatic rings. The molecule has 3 rings (SSSR count). The predicted molar refractivity (Wildman–Crippen MR) is 101 cm³/mol. The van der Waals surface area contributed by atoms with Crippen molar-refractivity contribution in [2.24, 2.45) is 5.10 Å². The number of hydrogen-bond donors (Lipinski definition) is 1. The third-order valence-electron chi connectivity index (χ3n) is 3.78. The predicted octanol–water partition coefficient (Wildman–Crippen LogP) is 3.99. The van der Waals surface area contributed by atoms with Crippen molar-refractivity contribution in [3.05, 3.63) is 95.8 Å². The summed E-state index contributed by atoms with van der Waals surface area (Å²) in [5, 5.41) is 3.97. The molecule has 0 spiro atoms. The number of nitrogens with zero attached hydrogens (tertiary/aromatic N) is 2. The van der Waals surface area contributed by atoms with Crippen molar-refractivity contribution in [2.45, 2.75) is 13.0 Å². The Bertz CT molecular complexity index is 863. The van der Waals surface area contributed by atoms with Gasteiger partial charge in [0.05, 0.1) is 6.21 Å². The van der Waals surface area contributed by atoms with Crippen molar-refractivity contribution in [3.8, 4) is 5.75 Å². The molecule has 1 aromatic heterocycles. The molecule has 3 aromatic rings. The summed E-state index contributed by atoms with van der Waals surface area (Å²) in [7, 11) is 0. The van der Waals surface area contributed by atoms with Gasteiger partial charge in [0, 0.05) is 18.0 Å². The number of pyridine rings is 1. The van der Waals surface area contributed by atoms with Gasteiger partial charge in [-0.1, -0.05) is 30.3 Å². The molecule has 5 heteroatoms. The highest BCUT2D eigenvalue weighted by Crippen LogP contribution is 2.21. The highest BCUT2D eigenvalue weighted by Gasteiger charge is 2.06. The van der Waals surface area contributed by atoms with Crippen molar-refractivity contribution in [2.75, 3.05) is 0 Å². The van der Waals surface area contributed by atoms with E-state index in [9.17, 15) is 4.79 Å². The van der Waals surface area contributed by atoms with Gasteiger partial charge in [-0.15, -0.1) is 0 Å². The lowest BCUT2D eigenvalue weighted by molar-refractivity contribution is 0.0955. The zero-order valence-electron chi connectivity index (χ0n) is 14.4. The second-order valence-electron chi connectivity index (χ2n) is 5.67. The number of carbonyl (C=O) groups excluding carboxylic acids is 1. The fourth-order valence-corrected chi connectivity index (χ4v) is 2.36. The van der Waals surface area contributed by atoms with E-state index in [4.69, 9.17) is 4.74 Å². The first-order valence-electron chi connectivity index (χ1n) is 8.27. The molecule has 1 amide bonds. The van der Waals surface area contributed by atoms with Crippen LogP contribution in [0.15, 0.2) is 84.2 Å². The van der Waals surface area contributed by atoms with E-state index in [1.165, 1.54) is 0 Å². The third-order valence-corrected chi connectivity index (χ3v) is 3.78. The second-order valence-corrected chi connectivity index (χ2v) is 5.67. The molecule has 2 aromatic carbocycles. The maximum Gasteiger partial charge on any atom is 0.271 e. The van der Waals surface area contributed by atoms with Crippen LogP contribution in [0.2, 0.25) is 0 Å². The molecule has 0 fully saturated rings. The highest BCUT2D eigenvalue weighted by atomic mass is 16.5. The Kier molecular flexibility index (Phi) is 5.72. The number of carbonyl (C=O) groups is 1. The van der Waals surface area contributed by atoms with E-state index in [0.717, 1.165) is 16.9 Å². The van der Waals surface area contributed by atoms with E-state index in [1.54, 1.807) is 30.7 Å². The van der Waals surface area contributed by atoms with Gasteiger partial charge in [0.1, 0.15) is 11.9 Å². The molecule has 1 heterocycles. The molecule has 1 unspecified atom stereocenters. The minimum Gasteiger partial charge on any atom is -0.486 e. The number of ether oxygens (including phenoxy) is 1. The number of hydrazone groups is 1. The molecule has 0 saturated carbocycles. The van der Waals surface area contributed by atoms with Gasteiger partial charge in [0.2, 0.25) is 0 Å². The number of nitrogens with one attached hydrogen (secondary N) is 1. The Hall–Kier alpha value is -3.47. The van der Waals surface area contributed by atoms with Gasteiger partial charge in [0.25, 0.3) is 5.91 Å². The molecule has 0 bridgehead atoms. The van der Waals surface area contributed by atoms with Crippen molar-refractivity contribution >= 4 is 12.1 Å². The van der Waals surface area contributed by atoms with E-state index in [2.05, 4.69) is 15.5 Å². The minimum atomic E-state index is -0.278. The molecule has 26 heavy (non-hydrogen) atoms. The largest absolute Gasteiger partial charge is 0.486 e. The molecular formula is C21H19N3O2. The summed E-state index contributed by atoms with van der Waals surface area (Å²) < 4.78 is 5.94. The molecule has 0 radical (unpaired) electrons. The molecule has 130 valence electrons. The standard InChI is InChI=1S/C21H19N3O2/c1-16(18-5-3-2-4-6-18)26-20-9-7-17(8-10-20)15-23-24-21(25)19-11-13-22-14-12-19/h2-16H,1H3,(H,24,25). The van der Waals surface area contributed by atoms with Crippen LogP contribution in [0.1, 0.15) is 34.5 Å². The van der Waals surface area contributed by atoms with Crippen molar-refractivity contribution in [3.63, 3.8) is 0 Å². The molecular weight excluding hydrogens is 326 g/mol. The average Bonchev–Trinajstić information content (AvgIpc) is 2.70. The number of rotatable bonds is 6. The third kappa shape index (κ3) is 4.77. The van der Waals surface area contributed by atoms with Crippen LogP contribution in [0, 0.1) is 0 Å². The van der Waals surface area contributed by atoms with Crippen LogP contribution < -0.4 is 10.2 Å². The zero-order valence-corrected chi connectivity index (χ0v) is 14.4. The molecule has 0 aliphatic heterocycles. The van der Waals surface area contributed by atoms with Crippen LogP contribution in [-0.2, 0) is 0 Å². The normalized spacial score (nSPS) is 11.9. The lowest BCUT2D eigenvalue weighted by Gasteiger charge is -2.15. The van der Waals surface area contributed by atoms with E-state index in [-0.39, 0.29) is 12.0 Å². The van der Waals surface area contributed by atoms with Gasteiger partial charge in [-0.25, -0.2) is 5.43 Å². The van der Waals surface area contributed by atoms with Crippen LogP contribution in [0.5, 0.6) is 5.75 Å². The summed E-state index contributed by atoms with van der Waals surface area (Å²) in [4.78, 5) is 15.7. The monoisotopic (exact) mass is 345 g/mol. The van der Waals surface area contributed by atoms with Crippen LogP contribution in [0.4, 0.5) is 0 Å². The first-order chi connectivity index (χ1) is 12.7. The van der Waals surface area contributed by atoms with Crippen molar-refractivity contribution in [1.29, 1.82) is 0 Å². The summed E-state index contributed by atoms with van der Waals surface area (Å²) in [5.74, 6) is 0.500. The SMILES string of the molecule is CC(Oc1ccc(C=NNC(=O)c2ccncc2)cc1)c1ccccc1. The number of aromatic nitrogens is 1. The number of hydrogen-bond acceptors (Lipinski definition) is 4. The van der Waals surface area contributed by atoms with Crippen molar-refractivity contribution < 1.29 is 9.53 Å². The Labute approximate surface area is 152 Å². The van der Waals surface area contributed by atoms with Crippen LogP contribution in [0.3, 0.4) is 0 Å². The Morgan fingerprint density at radius 2 is 1.73 bits per heavy atom. The number of amides is 1. The fourth-order valence-electron chi connectivity index (χ4n) is 2.36. The Morgan fingerprint density at radius 3 is 2.42 bits per heavy atom. The van der Waals surface area contributed by atoms with Gasteiger partial charge in [-0.05, 0) is 54.4 Å². The fraction of sp³-hybridized carbons (Fsp3) is 0.0952. The number of benzene rings is 2. The average molecular weight is 345 g/mol. The van der Waals surface area contributed by atoms with Gasteiger partial charge in [0.15, 0.2) is 0 Å². The minimum absolute atomic E-state index is 0.0321. The quantitative estimate of drug-likeness (QED) is 0.543. The summed E-state index contributed by atoms with van der Waals surface area (Å²) >= 11 is 0.